The van der Waals surface area contributed by atoms with Gasteiger partial charge in [0.2, 0.25) is 5.91 Å². The van der Waals surface area contributed by atoms with E-state index in [4.69, 9.17) is 16.3 Å². The summed E-state index contributed by atoms with van der Waals surface area (Å²) in [6.45, 7) is 1.50. The lowest BCUT2D eigenvalue weighted by Gasteiger charge is -2.31. The molecule has 8 heteroatoms. The van der Waals surface area contributed by atoms with Crippen molar-refractivity contribution in [2.75, 3.05) is 19.4 Å². The minimum Gasteiger partial charge on any atom is -0.376 e. The zero-order chi connectivity index (χ0) is 20.9. The third-order valence-corrected chi connectivity index (χ3v) is 7.27. The van der Waals surface area contributed by atoms with Crippen molar-refractivity contribution >= 4 is 29.3 Å². The molecular weight excluding hydrogens is 420 g/mol. The van der Waals surface area contributed by atoms with E-state index in [2.05, 4.69) is 14.8 Å². The summed E-state index contributed by atoms with van der Waals surface area (Å²) in [7, 11) is 1.94. The molecule has 1 atom stereocenters. The normalized spacial score (nSPS) is 19.9. The van der Waals surface area contributed by atoms with E-state index in [0.29, 0.717) is 23.4 Å². The number of aromatic nitrogens is 3. The second-order valence-corrected chi connectivity index (χ2v) is 9.52. The van der Waals surface area contributed by atoms with Gasteiger partial charge < -0.3 is 9.64 Å². The summed E-state index contributed by atoms with van der Waals surface area (Å²) < 4.78 is 7.95. The molecule has 2 heterocycles. The van der Waals surface area contributed by atoms with Crippen LogP contribution < -0.4 is 0 Å². The van der Waals surface area contributed by atoms with Crippen molar-refractivity contribution in [2.45, 2.75) is 68.8 Å². The maximum Gasteiger partial charge on any atom is 0.233 e. The van der Waals surface area contributed by atoms with Crippen LogP contribution in [0.25, 0.3) is 11.4 Å². The van der Waals surface area contributed by atoms with Gasteiger partial charge in [0.25, 0.3) is 0 Å². The second-order valence-electron chi connectivity index (χ2n) is 8.14. The van der Waals surface area contributed by atoms with Gasteiger partial charge >= 0.3 is 0 Å². The highest BCUT2D eigenvalue weighted by Gasteiger charge is 2.25. The van der Waals surface area contributed by atoms with E-state index < -0.39 is 0 Å². The highest BCUT2D eigenvalue weighted by atomic mass is 35.5. The van der Waals surface area contributed by atoms with Crippen LogP contribution in [0.15, 0.2) is 29.4 Å². The number of thioether (sulfide) groups is 1. The average Bonchev–Trinajstić information content (AvgIpc) is 3.43. The van der Waals surface area contributed by atoms with Crippen LogP contribution in [0, 0.1) is 0 Å². The number of ether oxygens (including phenoxy) is 1. The molecular formula is C22H29ClN4O2S. The number of benzene rings is 1. The SMILES string of the molecule is CN(C(=O)CSc1nnc(-c2ccc(Cl)cc2)n1C[C@@H]1CCCO1)C1CCCCC1. The van der Waals surface area contributed by atoms with E-state index in [9.17, 15) is 4.79 Å². The average molecular weight is 449 g/mol. The summed E-state index contributed by atoms with van der Waals surface area (Å²) in [5.74, 6) is 1.32. The summed E-state index contributed by atoms with van der Waals surface area (Å²) in [5.41, 5.74) is 0.961. The molecule has 0 spiro atoms. The van der Waals surface area contributed by atoms with E-state index in [1.807, 2.05) is 36.2 Å². The quantitative estimate of drug-likeness (QED) is 0.576. The Morgan fingerprint density at radius 1 is 1.17 bits per heavy atom. The lowest BCUT2D eigenvalue weighted by molar-refractivity contribution is -0.129. The Kier molecular flexibility index (Phi) is 7.33. The minimum atomic E-state index is 0.159. The van der Waals surface area contributed by atoms with Crippen LogP contribution >= 0.6 is 23.4 Å². The molecule has 6 nitrogen and oxygen atoms in total. The van der Waals surface area contributed by atoms with E-state index in [1.165, 1.54) is 31.0 Å². The molecule has 1 saturated carbocycles. The fraction of sp³-hybridized carbons (Fsp3) is 0.591. The van der Waals surface area contributed by atoms with Crippen LogP contribution in [0.3, 0.4) is 0 Å². The number of hydrogen-bond acceptors (Lipinski definition) is 5. The smallest absolute Gasteiger partial charge is 0.233 e. The molecule has 0 N–H and O–H groups in total. The number of rotatable bonds is 7. The maximum absolute atomic E-state index is 12.8. The van der Waals surface area contributed by atoms with Crippen molar-refractivity contribution in [3.63, 3.8) is 0 Å². The van der Waals surface area contributed by atoms with Crippen LogP contribution in [0.4, 0.5) is 0 Å². The lowest BCUT2D eigenvalue weighted by atomic mass is 9.94. The summed E-state index contributed by atoms with van der Waals surface area (Å²) in [6, 6.07) is 8.00. The van der Waals surface area contributed by atoms with Crippen LogP contribution in [0.2, 0.25) is 5.02 Å². The lowest BCUT2D eigenvalue weighted by Crippen LogP contribution is -2.39. The van der Waals surface area contributed by atoms with Crippen molar-refractivity contribution in [3.8, 4) is 11.4 Å². The zero-order valence-electron chi connectivity index (χ0n) is 17.4. The third kappa shape index (κ3) is 5.18. The summed E-state index contributed by atoms with van der Waals surface area (Å²) in [6.07, 6.45) is 8.22. The Morgan fingerprint density at radius 3 is 2.63 bits per heavy atom. The van der Waals surface area contributed by atoms with Crippen LogP contribution in [0.5, 0.6) is 0 Å². The summed E-state index contributed by atoms with van der Waals surface area (Å²) in [5, 5.41) is 10.3. The van der Waals surface area contributed by atoms with Crippen LogP contribution in [-0.2, 0) is 16.1 Å². The number of carbonyl (C=O) groups excluding carboxylic acids is 1. The summed E-state index contributed by atoms with van der Waals surface area (Å²) in [4.78, 5) is 14.7. The van der Waals surface area contributed by atoms with Crippen molar-refractivity contribution in [2.24, 2.45) is 0 Å². The second kappa shape index (κ2) is 10.2. The molecule has 1 aromatic carbocycles. The van der Waals surface area contributed by atoms with Crippen molar-refractivity contribution in [1.29, 1.82) is 0 Å². The number of carbonyl (C=O) groups is 1. The molecule has 0 radical (unpaired) electrons. The molecule has 1 saturated heterocycles. The zero-order valence-corrected chi connectivity index (χ0v) is 19.0. The predicted octanol–water partition coefficient (Wildman–Crippen LogP) is 4.66. The van der Waals surface area contributed by atoms with E-state index >= 15 is 0 Å². The maximum atomic E-state index is 12.8. The molecule has 30 heavy (non-hydrogen) atoms. The first kappa shape index (κ1) is 21.7. The van der Waals surface area contributed by atoms with Crippen molar-refractivity contribution in [3.05, 3.63) is 29.3 Å². The van der Waals surface area contributed by atoms with Gasteiger partial charge in [0.05, 0.1) is 18.4 Å². The molecule has 1 aliphatic heterocycles. The fourth-order valence-corrected chi connectivity index (χ4v) is 5.26. The van der Waals surface area contributed by atoms with Gasteiger partial charge in [-0.25, -0.2) is 0 Å². The highest BCUT2D eigenvalue weighted by molar-refractivity contribution is 7.99. The standard InChI is InChI=1S/C22H29ClN4O2S/c1-26(18-6-3-2-4-7-18)20(28)15-30-22-25-24-21(16-9-11-17(23)12-10-16)27(22)14-19-8-5-13-29-19/h9-12,18-19H,2-8,13-15H2,1H3/t19-/m0/s1. The number of hydrogen-bond donors (Lipinski definition) is 0. The Labute approximate surface area is 187 Å². The van der Waals surface area contributed by atoms with Gasteiger partial charge in [-0.15, -0.1) is 10.2 Å². The molecule has 2 aromatic rings. The monoisotopic (exact) mass is 448 g/mol. The van der Waals surface area contributed by atoms with Crippen LogP contribution in [-0.4, -0.2) is 57.1 Å². The molecule has 4 rings (SSSR count). The van der Waals surface area contributed by atoms with Gasteiger partial charge in [-0.3, -0.25) is 9.36 Å². The minimum absolute atomic E-state index is 0.159. The van der Waals surface area contributed by atoms with E-state index in [-0.39, 0.29) is 12.0 Å². The number of halogens is 1. The molecule has 0 bridgehead atoms. The Balaban J connectivity index is 1.48. The van der Waals surface area contributed by atoms with Crippen molar-refractivity contribution < 1.29 is 9.53 Å². The molecule has 2 aliphatic rings. The summed E-state index contributed by atoms with van der Waals surface area (Å²) >= 11 is 7.52. The fourth-order valence-electron chi connectivity index (χ4n) is 4.26. The first-order valence-electron chi connectivity index (χ1n) is 10.8. The molecule has 162 valence electrons. The van der Waals surface area contributed by atoms with E-state index in [0.717, 1.165) is 48.8 Å². The first-order chi connectivity index (χ1) is 14.6. The molecule has 1 amide bonds. The van der Waals surface area contributed by atoms with Gasteiger partial charge in [-0.1, -0.05) is 42.6 Å². The predicted molar refractivity (Wildman–Crippen MR) is 120 cm³/mol. The highest BCUT2D eigenvalue weighted by Crippen LogP contribution is 2.28. The van der Waals surface area contributed by atoms with Gasteiger partial charge in [0.1, 0.15) is 0 Å². The topological polar surface area (TPSA) is 60.2 Å². The Bertz CT molecular complexity index is 845. The molecule has 2 fully saturated rings. The van der Waals surface area contributed by atoms with E-state index in [1.54, 1.807) is 0 Å². The Hall–Kier alpha value is -1.57. The largest absolute Gasteiger partial charge is 0.376 e. The Morgan fingerprint density at radius 2 is 1.93 bits per heavy atom. The van der Waals surface area contributed by atoms with Gasteiger partial charge in [0.15, 0.2) is 11.0 Å². The number of amides is 1. The molecule has 1 aromatic heterocycles. The molecule has 0 unspecified atom stereocenters. The first-order valence-corrected chi connectivity index (χ1v) is 12.2. The van der Waals surface area contributed by atoms with Gasteiger partial charge in [-0.05, 0) is 49.9 Å². The van der Waals surface area contributed by atoms with Crippen LogP contribution in [0.1, 0.15) is 44.9 Å². The number of nitrogens with zero attached hydrogens (tertiary/aromatic N) is 4. The van der Waals surface area contributed by atoms with Gasteiger partial charge in [0, 0.05) is 30.3 Å². The van der Waals surface area contributed by atoms with Gasteiger partial charge in [-0.2, -0.15) is 0 Å². The third-order valence-electron chi connectivity index (χ3n) is 6.07. The van der Waals surface area contributed by atoms with Crippen molar-refractivity contribution in [1.82, 2.24) is 19.7 Å². The molecule has 1 aliphatic carbocycles.